The maximum atomic E-state index is 10.6. The average Bonchev–Trinajstić information content (AvgIpc) is 2.13. The number of nitrogens with two attached hydrogens (primary N) is 1. The highest BCUT2D eigenvalue weighted by molar-refractivity contribution is 5.64. The Bertz CT molecular complexity index is 251. The van der Waals surface area contributed by atoms with E-state index in [1.54, 1.807) is 0 Å². The van der Waals surface area contributed by atoms with Crippen LogP contribution in [0.15, 0.2) is 0 Å². The second-order valence-electron chi connectivity index (χ2n) is 6.06. The van der Waals surface area contributed by atoms with Crippen LogP contribution in [0.4, 0.5) is 4.79 Å². The molecule has 0 rings (SSSR count). The lowest BCUT2D eigenvalue weighted by molar-refractivity contribution is 0.0576. The normalized spacial score (nSPS) is 17.4. The zero-order valence-electron chi connectivity index (χ0n) is 11.5. The van der Waals surface area contributed by atoms with Gasteiger partial charge < -0.3 is 20.8 Å². The fraction of sp³-hybridized carbons (Fsp3) is 0.917. The topological polar surface area (TPSA) is 86.8 Å². The van der Waals surface area contributed by atoms with Crippen LogP contribution in [0, 0.1) is 11.3 Å². The third-order valence-electron chi connectivity index (χ3n) is 2.77. The van der Waals surface area contributed by atoms with Crippen LogP contribution in [0.25, 0.3) is 0 Å². The Morgan fingerprint density at radius 3 is 2.24 bits per heavy atom. The molecule has 0 radical (unpaired) electrons. The molecule has 1 unspecified atom stereocenters. The monoisotopic (exact) mass is 246 g/mol. The number of rotatable bonds is 5. The summed E-state index contributed by atoms with van der Waals surface area (Å²) in [5, 5.41) is 18.8. The standard InChI is InChI=1S/C12H26N2O3/c1-8(6-12(2,3)4)10(15)9(13)7-14(5)11(16)17/h8-10,15H,6-7,13H2,1-5H3,(H,16,17)/t8?,9-,10+/m1/s1. The van der Waals surface area contributed by atoms with Gasteiger partial charge in [0.05, 0.1) is 6.10 Å². The molecule has 0 aliphatic heterocycles. The predicted molar refractivity (Wildman–Crippen MR) is 67.9 cm³/mol. The van der Waals surface area contributed by atoms with Gasteiger partial charge in [-0.15, -0.1) is 0 Å². The molecule has 0 aliphatic carbocycles. The fourth-order valence-electron chi connectivity index (χ4n) is 2.01. The first-order valence-corrected chi connectivity index (χ1v) is 5.92. The number of carbonyl (C=O) groups is 1. The van der Waals surface area contributed by atoms with Crippen LogP contribution in [-0.4, -0.2) is 46.9 Å². The van der Waals surface area contributed by atoms with Crippen molar-refractivity contribution in [3.63, 3.8) is 0 Å². The number of hydrogen-bond donors (Lipinski definition) is 3. The Balaban J connectivity index is 4.29. The number of nitrogens with zero attached hydrogens (tertiary/aromatic N) is 1. The number of aliphatic hydroxyl groups excluding tert-OH is 1. The van der Waals surface area contributed by atoms with E-state index in [0.717, 1.165) is 11.3 Å². The molecule has 1 amide bonds. The van der Waals surface area contributed by atoms with E-state index in [2.05, 4.69) is 20.8 Å². The van der Waals surface area contributed by atoms with Crippen LogP contribution >= 0.6 is 0 Å². The van der Waals surface area contributed by atoms with Crippen LogP contribution in [0.3, 0.4) is 0 Å². The van der Waals surface area contributed by atoms with Crippen molar-refractivity contribution in [3.05, 3.63) is 0 Å². The highest BCUT2D eigenvalue weighted by Gasteiger charge is 2.27. The summed E-state index contributed by atoms with van der Waals surface area (Å²) < 4.78 is 0. The van der Waals surface area contributed by atoms with Crippen LogP contribution < -0.4 is 5.73 Å². The molecule has 0 aromatic heterocycles. The Labute approximate surface area is 104 Å². The van der Waals surface area contributed by atoms with Gasteiger partial charge in [0.25, 0.3) is 0 Å². The summed E-state index contributed by atoms with van der Waals surface area (Å²) >= 11 is 0. The van der Waals surface area contributed by atoms with E-state index in [1.165, 1.54) is 7.05 Å². The minimum atomic E-state index is -1.03. The van der Waals surface area contributed by atoms with Gasteiger partial charge in [0.15, 0.2) is 0 Å². The molecule has 0 fully saturated rings. The van der Waals surface area contributed by atoms with Crippen molar-refractivity contribution >= 4 is 6.09 Å². The van der Waals surface area contributed by atoms with E-state index in [-0.39, 0.29) is 17.9 Å². The molecule has 0 aromatic carbocycles. The molecule has 0 heterocycles. The maximum absolute atomic E-state index is 10.6. The molecule has 5 heteroatoms. The maximum Gasteiger partial charge on any atom is 0.407 e. The van der Waals surface area contributed by atoms with Crippen molar-refractivity contribution in [2.24, 2.45) is 17.1 Å². The Morgan fingerprint density at radius 1 is 1.41 bits per heavy atom. The number of amides is 1. The average molecular weight is 246 g/mol. The van der Waals surface area contributed by atoms with Gasteiger partial charge in [0.2, 0.25) is 0 Å². The zero-order valence-corrected chi connectivity index (χ0v) is 11.5. The van der Waals surface area contributed by atoms with Gasteiger partial charge in [-0.2, -0.15) is 0 Å². The van der Waals surface area contributed by atoms with Gasteiger partial charge in [0.1, 0.15) is 0 Å². The van der Waals surface area contributed by atoms with Gasteiger partial charge in [-0.1, -0.05) is 27.7 Å². The van der Waals surface area contributed by atoms with E-state index in [9.17, 15) is 9.90 Å². The summed E-state index contributed by atoms with van der Waals surface area (Å²) in [6.45, 7) is 8.39. The highest BCUT2D eigenvalue weighted by atomic mass is 16.4. The van der Waals surface area contributed by atoms with Crippen LogP contribution in [-0.2, 0) is 0 Å². The fourth-order valence-corrected chi connectivity index (χ4v) is 2.01. The first-order chi connectivity index (χ1) is 7.54. The largest absolute Gasteiger partial charge is 0.465 e. The van der Waals surface area contributed by atoms with E-state index < -0.39 is 18.2 Å². The number of likely N-dealkylation sites (N-methyl/N-ethyl adjacent to an activating group) is 1. The molecule has 0 bridgehead atoms. The Morgan fingerprint density at radius 2 is 1.88 bits per heavy atom. The highest BCUT2D eigenvalue weighted by Crippen LogP contribution is 2.26. The van der Waals surface area contributed by atoms with Gasteiger partial charge in [-0.05, 0) is 17.8 Å². The van der Waals surface area contributed by atoms with Gasteiger partial charge >= 0.3 is 6.09 Å². The molecular formula is C12H26N2O3. The van der Waals surface area contributed by atoms with Crippen molar-refractivity contribution in [3.8, 4) is 0 Å². The van der Waals surface area contributed by atoms with Gasteiger partial charge in [-0.25, -0.2) is 4.79 Å². The Hall–Kier alpha value is -0.810. The van der Waals surface area contributed by atoms with E-state index in [4.69, 9.17) is 10.8 Å². The molecule has 0 saturated heterocycles. The van der Waals surface area contributed by atoms with E-state index in [0.29, 0.717) is 0 Å². The lowest BCUT2D eigenvalue weighted by Gasteiger charge is -2.31. The molecule has 0 spiro atoms. The predicted octanol–water partition coefficient (Wildman–Crippen LogP) is 1.36. The molecule has 3 atom stereocenters. The SMILES string of the molecule is CC(CC(C)(C)C)[C@H](O)[C@H](N)CN(C)C(=O)O. The third-order valence-corrected chi connectivity index (χ3v) is 2.77. The first-order valence-electron chi connectivity index (χ1n) is 5.92. The molecule has 0 aliphatic rings. The van der Waals surface area contributed by atoms with Crippen molar-refractivity contribution in [1.29, 1.82) is 0 Å². The second kappa shape index (κ2) is 6.21. The smallest absolute Gasteiger partial charge is 0.407 e. The summed E-state index contributed by atoms with van der Waals surface area (Å²) in [4.78, 5) is 11.7. The summed E-state index contributed by atoms with van der Waals surface area (Å²) in [6, 6.07) is -0.548. The molecule has 4 N–H and O–H groups in total. The lowest BCUT2D eigenvalue weighted by Crippen LogP contribution is -2.48. The quantitative estimate of drug-likeness (QED) is 0.683. The van der Waals surface area contributed by atoms with Gasteiger partial charge in [0, 0.05) is 19.6 Å². The lowest BCUT2D eigenvalue weighted by atomic mass is 9.81. The minimum absolute atomic E-state index is 0.0483. The Kier molecular flexibility index (Phi) is 5.92. The molecule has 102 valence electrons. The molecule has 0 saturated carbocycles. The van der Waals surface area contributed by atoms with Gasteiger partial charge in [-0.3, -0.25) is 0 Å². The van der Waals surface area contributed by atoms with E-state index in [1.807, 2.05) is 6.92 Å². The number of hydrogen-bond acceptors (Lipinski definition) is 3. The zero-order chi connectivity index (χ0) is 13.8. The van der Waals surface area contributed by atoms with Crippen LogP contribution in [0.1, 0.15) is 34.1 Å². The summed E-state index contributed by atoms with van der Waals surface area (Å²) in [5.41, 5.74) is 5.94. The van der Waals surface area contributed by atoms with E-state index >= 15 is 0 Å². The summed E-state index contributed by atoms with van der Waals surface area (Å²) in [6.07, 6.45) is -0.870. The molecule has 17 heavy (non-hydrogen) atoms. The molecule has 0 aromatic rings. The second-order valence-corrected chi connectivity index (χ2v) is 6.06. The minimum Gasteiger partial charge on any atom is -0.465 e. The summed E-state index contributed by atoms with van der Waals surface area (Å²) in [5.74, 6) is 0.0483. The number of carboxylic acid groups (broad SMARTS) is 1. The van der Waals surface area contributed by atoms with Crippen molar-refractivity contribution in [1.82, 2.24) is 4.90 Å². The number of aliphatic hydroxyl groups is 1. The van der Waals surface area contributed by atoms with Crippen molar-refractivity contribution in [2.45, 2.75) is 46.3 Å². The van der Waals surface area contributed by atoms with Crippen LogP contribution in [0.5, 0.6) is 0 Å². The van der Waals surface area contributed by atoms with Crippen LogP contribution in [0.2, 0.25) is 0 Å². The molecule has 5 nitrogen and oxygen atoms in total. The summed E-state index contributed by atoms with van der Waals surface area (Å²) in [7, 11) is 1.45. The van der Waals surface area contributed by atoms with Crippen molar-refractivity contribution in [2.75, 3.05) is 13.6 Å². The first kappa shape index (κ1) is 16.2. The van der Waals surface area contributed by atoms with Crippen molar-refractivity contribution < 1.29 is 15.0 Å². The third kappa shape index (κ3) is 6.48. The molecular weight excluding hydrogens is 220 g/mol.